The zero-order valence-corrected chi connectivity index (χ0v) is 19.7. The third-order valence-corrected chi connectivity index (χ3v) is 5.77. The number of hydrogen-bond donors (Lipinski definition) is 3. The van der Waals surface area contributed by atoms with Gasteiger partial charge in [-0.2, -0.15) is 0 Å². The number of β-lactam (4-membered cyclic amide) rings is 1. The van der Waals surface area contributed by atoms with Gasteiger partial charge in [0.1, 0.15) is 18.6 Å². The van der Waals surface area contributed by atoms with E-state index in [2.05, 4.69) is 10.6 Å². The Labute approximate surface area is 205 Å². The van der Waals surface area contributed by atoms with Crippen molar-refractivity contribution in [3.05, 3.63) is 35.9 Å². The molecular weight excluding hydrogens is 476 g/mol. The topological polar surface area (TPSA) is 177 Å². The largest absolute Gasteiger partial charge is 0.480 e. The van der Waals surface area contributed by atoms with Crippen LogP contribution in [0.5, 0.6) is 0 Å². The van der Waals surface area contributed by atoms with Crippen LogP contribution in [0.15, 0.2) is 30.3 Å². The van der Waals surface area contributed by atoms with Crippen LogP contribution in [0, 0.1) is 0 Å². The second-order valence-electron chi connectivity index (χ2n) is 8.18. The Hall–Kier alpha value is -4.49. The number of imide groups is 2. The molecule has 0 aromatic heterocycles. The molecular formula is C22H26N6O8. The number of piperazine rings is 1. The fourth-order valence-electron chi connectivity index (χ4n) is 3.75. The third kappa shape index (κ3) is 5.42. The van der Waals surface area contributed by atoms with Crippen LogP contribution in [0.2, 0.25) is 0 Å². The molecule has 3 rings (SSSR count). The smallest absolute Gasteiger partial charge is 0.327 e. The minimum atomic E-state index is -1.31. The zero-order chi connectivity index (χ0) is 26.6. The molecule has 36 heavy (non-hydrogen) atoms. The van der Waals surface area contributed by atoms with Crippen LogP contribution in [-0.2, 0) is 24.0 Å². The lowest BCUT2D eigenvalue weighted by Gasteiger charge is -2.39. The van der Waals surface area contributed by atoms with Crippen LogP contribution in [0.25, 0.3) is 0 Å². The molecule has 2 aliphatic rings. The lowest BCUT2D eigenvalue weighted by molar-refractivity contribution is -0.153. The van der Waals surface area contributed by atoms with Gasteiger partial charge in [-0.15, -0.1) is 0 Å². The highest BCUT2D eigenvalue weighted by Gasteiger charge is 2.44. The second-order valence-corrected chi connectivity index (χ2v) is 8.18. The van der Waals surface area contributed by atoms with Gasteiger partial charge < -0.3 is 25.5 Å². The summed E-state index contributed by atoms with van der Waals surface area (Å²) in [6, 6.07) is 3.93. The average Bonchev–Trinajstić information content (AvgIpc) is 2.85. The summed E-state index contributed by atoms with van der Waals surface area (Å²) in [5.41, 5.74) is 0.357. The number of aliphatic carboxylic acids is 1. The number of nitrogens with zero attached hydrogens (tertiary/aromatic N) is 4. The molecule has 0 aliphatic carbocycles. The van der Waals surface area contributed by atoms with Crippen molar-refractivity contribution < 1.29 is 38.7 Å². The molecule has 3 N–H and O–H groups in total. The Morgan fingerprint density at radius 1 is 1.06 bits per heavy atom. The van der Waals surface area contributed by atoms with E-state index >= 15 is 0 Å². The Kier molecular flexibility index (Phi) is 7.86. The number of likely N-dealkylation sites (N-methyl/N-ethyl adjacent to an activating group) is 2. The number of carboxylic acids is 1. The summed E-state index contributed by atoms with van der Waals surface area (Å²) in [7, 11) is 1.23. The summed E-state index contributed by atoms with van der Waals surface area (Å²) in [4.78, 5) is 89.5. The summed E-state index contributed by atoms with van der Waals surface area (Å²) in [5, 5.41) is 13.7. The van der Waals surface area contributed by atoms with Crippen molar-refractivity contribution in [2.45, 2.75) is 19.0 Å². The molecule has 0 radical (unpaired) electrons. The molecule has 2 atom stereocenters. The van der Waals surface area contributed by atoms with E-state index in [-0.39, 0.29) is 19.6 Å². The van der Waals surface area contributed by atoms with Crippen LogP contribution in [0.4, 0.5) is 9.59 Å². The van der Waals surface area contributed by atoms with Gasteiger partial charge >= 0.3 is 29.8 Å². The van der Waals surface area contributed by atoms with Gasteiger partial charge in [0, 0.05) is 26.7 Å². The van der Waals surface area contributed by atoms with E-state index in [1.165, 1.54) is 11.9 Å². The van der Waals surface area contributed by atoms with Crippen molar-refractivity contribution in [1.82, 2.24) is 30.2 Å². The molecule has 2 heterocycles. The summed E-state index contributed by atoms with van der Waals surface area (Å²) in [6.07, 6.45) is 0. The molecule has 0 spiro atoms. The summed E-state index contributed by atoms with van der Waals surface area (Å²) in [5.74, 6) is -4.59. The van der Waals surface area contributed by atoms with Crippen molar-refractivity contribution in [3.63, 3.8) is 0 Å². The van der Waals surface area contributed by atoms with E-state index in [9.17, 15) is 33.6 Å². The Morgan fingerprint density at radius 3 is 2.31 bits per heavy atom. The minimum Gasteiger partial charge on any atom is -0.480 e. The van der Waals surface area contributed by atoms with Crippen LogP contribution in [0.1, 0.15) is 18.5 Å². The molecule has 1 aromatic rings. The first kappa shape index (κ1) is 26.1. The first-order chi connectivity index (χ1) is 17.0. The fourth-order valence-corrected chi connectivity index (χ4v) is 3.75. The number of nitrogens with one attached hydrogen (secondary N) is 2. The number of hydrogen-bond acceptors (Lipinski definition) is 7. The monoisotopic (exact) mass is 502 g/mol. The van der Waals surface area contributed by atoms with Gasteiger partial charge in [0.05, 0.1) is 6.54 Å². The second kappa shape index (κ2) is 10.8. The highest BCUT2D eigenvalue weighted by molar-refractivity contribution is 6.38. The third-order valence-electron chi connectivity index (χ3n) is 5.77. The van der Waals surface area contributed by atoms with Crippen molar-refractivity contribution in [1.29, 1.82) is 0 Å². The van der Waals surface area contributed by atoms with E-state index in [1.807, 2.05) is 0 Å². The van der Waals surface area contributed by atoms with Gasteiger partial charge in [-0.3, -0.25) is 33.8 Å². The van der Waals surface area contributed by atoms with Crippen molar-refractivity contribution in [2.24, 2.45) is 0 Å². The molecule has 8 amide bonds. The SMILES string of the molecule is CCN1CCN(C(=O)NC(C(=O)N[C@H]2CN(C(=O)N(C)CC(=O)O)C2=O)c2ccccc2)C(=O)C1=O. The number of rotatable bonds is 7. The average molecular weight is 502 g/mol. The normalized spacial score (nSPS) is 18.3. The maximum atomic E-state index is 13.1. The van der Waals surface area contributed by atoms with Crippen LogP contribution < -0.4 is 10.6 Å². The number of amides is 8. The van der Waals surface area contributed by atoms with E-state index in [1.54, 1.807) is 37.3 Å². The van der Waals surface area contributed by atoms with Gasteiger partial charge in [-0.25, -0.2) is 9.59 Å². The highest BCUT2D eigenvalue weighted by Crippen LogP contribution is 2.18. The molecule has 14 heteroatoms. The zero-order valence-electron chi connectivity index (χ0n) is 19.7. The Morgan fingerprint density at radius 2 is 1.72 bits per heavy atom. The predicted octanol–water partition coefficient (Wildman–Crippen LogP) is -1.41. The molecule has 192 valence electrons. The van der Waals surface area contributed by atoms with Gasteiger partial charge in [-0.05, 0) is 12.5 Å². The molecule has 2 fully saturated rings. The number of likely N-dealkylation sites (tertiary alicyclic amines) is 1. The van der Waals surface area contributed by atoms with Crippen molar-refractivity contribution >= 4 is 41.7 Å². The quantitative estimate of drug-likeness (QED) is 0.301. The molecule has 0 saturated carbocycles. The lowest BCUT2D eigenvalue weighted by Crippen LogP contribution is -2.68. The van der Waals surface area contributed by atoms with Crippen molar-refractivity contribution in [2.75, 3.05) is 39.8 Å². The van der Waals surface area contributed by atoms with Crippen molar-refractivity contribution in [3.8, 4) is 0 Å². The molecule has 1 unspecified atom stereocenters. The predicted molar refractivity (Wildman–Crippen MR) is 121 cm³/mol. The Balaban J connectivity index is 1.68. The maximum Gasteiger partial charge on any atom is 0.327 e. The molecule has 2 saturated heterocycles. The first-order valence-electron chi connectivity index (χ1n) is 11.1. The van der Waals surface area contributed by atoms with E-state index in [0.29, 0.717) is 12.1 Å². The van der Waals surface area contributed by atoms with Crippen LogP contribution in [-0.4, -0.2) is 112 Å². The van der Waals surface area contributed by atoms with E-state index < -0.39 is 60.3 Å². The summed E-state index contributed by atoms with van der Waals surface area (Å²) in [6.45, 7) is 1.35. The minimum absolute atomic E-state index is 0.0462. The van der Waals surface area contributed by atoms with Gasteiger partial charge in [-0.1, -0.05) is 30.3 Å². The van der Waals surface area contributed by atoms with Gasteiger partial charge in [0.15, 0.2) is 0 Å². The highest BCUT2D eigenvalue weighted by atomic mass is 16.4. The van der Waals surface area contributed by atoms with Crippen LogP contribution in [0.3, 0.4) is 0 Å². The maximum absolute atomic E-state index is 13.1. The lowest BCUT2D eigenvalue weighted by atomic mass is 10.0. The standard InChI is InChI=1S/C22H26N6O8/c1-3-26-9-10-27(20(34)19(26)33)21(35)24-16(13-7-5-4-6-8-13)17(31)23-14-11-28(18(14)32)22(36)25(2)12-15(29)30/h4-8,14,16H,3,9-12H2,1-2H3,(H,23,31)(H,24,35)(H,29,30)/t14-,16?/m0/s1. The molecule has 2 aliphatic heterocycles. The molecule has 14 nitrogen and oxygen atoms in total. The number of urea groups is 2. The van der Waals surface area contributed by atoms with Crippen LogP contribution >= 0.6 is 0 Å². The van der Waals surface area contributed by atoms with Gasteiger partial charge in [0.2, 0.25) is 5.91 Å². The number of benzene rings is 1. The van der Waals surface area contributed by atoms with Gasteiger partial charge in [0.25, 0.3) is 5.91 Å². The number of carbonyl (C=O) groups excluding carboxylic acids is 6. The van der Waals surface area contributed by atoms with E-state index in [0.717, 1.165) is 14.7 Å². The first-order valence-corrected chi connectivity index (χ1v) is 11.1. The number of carboxylic acid groups (broad SMARTS) is 1. The fraction of sp³-hybridized carbons (Fsp3) is 0.409. The number of carbonyl (C=O) groups is 7. The summed E-state index contributed by atoms with van der Waals surface area (Å²) < 4.78 is 0. The molecule has 1 aromatic carbocycles. The van der Waals surface area contributed by atoms with E-state index in [4.69, 9.17) is 5.11 Å². The summed E-state index contributed by atoms with van der Waals surface area (Å²) >= 11 is 0. The Bertz CT molecular complexity index is 1090. The molecule has 0 bridgehead atoms.